The first-order valence-electron chi connectivity index (χ1n) is 6.38. The molecule has 0 aliphatic rings. The summed E-state index contributed by atoms with van der Waals surface area (Å²) in [5, 5.41) is 10.4. The number of benzene rings is 2. The van der Waals surface area contributed by atoms with Crippen molar-refractivity contribution in [3.05, 3.63) is 64.7 Å². The van der Waals surface area contributed by atoms with Crippen LogP contribution in [0.5, 0.6) is 5.75 Å². The van der Waals surface area contributed by atoms with Gasteiger partial charge in [0.05, 0.1) is 0 Å². The van der Waals surface area contributed by atoms with E-state index in [2.05, 4.69) is 4.74 Å². The number of aliphatic hydroxyl groups is 1. The van der Waals surface area contributed by atoms with Crippen LogP contribution in [-0.2, 0) is 0 Å². The Morgan fingerprint density at radius 1 is 1.05 bits per heavy atom. The van der Waals surface area contributed by atoms with Gasteiger partial charge in [0.1, 0.15) is 11.9 Å². The molecule has 0 saturated carbocycles. The normalized spacial score (nSPS) is 13.0. The lowest BCUT2D eigenvalue weighted by atomic mass is 9.95. The molecule has 0 bridgehead atoms. The lowest BCUT2D eigenvalue weighted by molar-refractivity contribution is -0.274. The van der Waals surface area contributed by atoms with Crippen LogP contribution in [0.4, 0.5) is 13.2 Å². The number of halogens is 3. The van der Waals surface area contributed by atoms with Gasteiger partial charge in [0.2, 0.25) is 0 Å². The van der Waals surface area contributed by atoms with Gasteiger partial charge in [-0.1, -0.05) is 30.3 Å². The third-order valence-corrected chi connectivity index (χ3v) is 3.35. The molecule has 0 heterocycles. The average molecular weight is 296 g/mol. The topological polar surface area (TPSA) is 29.5 Å². The molecule has 0 radical (unpaired) electrons. The van der Waals surface area contributed by atoms with E-state index in [0.717, 1.165) is 11.1 Å². The molecule has 1 unspecified atom stereocenters. The number of aliphatic hydroxyl groups excluding tert-OH is 1. The molecule has 0 aliphatic carbocycles. The summed E-state index contributed by atoms with van der Waals surface area (Å²) in [5.74, 6) is -0.343. The van der Waals surface area contributed by atoms with Gasteiger partial charge in [0, 0.05) is 0 Å². The maximum Gasteiger partial charge on any atom is 0.573 e. The molecule has 5 heteroatoms. The number of aryl methyl sites for hydroxylation is 1. The fraction of sp³-hybridized carbons (Fsp3) is 0.250. The highest BCUT2D eigenvalue weighted by atomic mass is 19.4. The Morgan fingerprint density at radius 3 is 2.38 bits per heavy atom. The molecule has 2 rings (SSSR count). The van der Waals surface area contributed by atoms with Gasteiger partial charge in [-0.3, -0.25) is 0 Å². The van der Waals surface area contributed by atoms with Gasteiger partial charge in [-0.2, -0.15) is 0 Å². The monoisotopic (exact) mass is 296 g/mol. The molecule has 0 spiro atoms. The number of alkyl halides is 3. The van der Waals surface area contributed by atoms with Crippen LogP contribution in [0.2, 0.25) is 0 Å². The van der Waals surface area contributed by atoms with Gasteiger partial charge in [-0.05, 0) is 48.2 Å². The second-order valence-corrected chi connectivity index (χ2v) is 4.81. The Morgan fingerprint density at radius 2 is 1.71 bits per heavy atom. The van der Waals surface area contributed by atoms with Crippen molar-refractivity contribution in [3.63, 3.8) is 0 Å². The van der Waals surface area contributed by atoms with Crippen LogP contribution in [0.25, 0.3) is 0 Å². The maximum absolute atomic E-state index is 12.2. The van der Waals surface area contributed by atoms with E-state index in [0.29, 0.717) is 11.1 Å². The summed E-state index contributed by atoms with van der Waals surface area (Å²) in [6, 6.07) is 10.9. The number of ether oxygens (including phenoxy) is 1. The standard InChI is InChI=1S/C16H15F3O2/c1-10-5-3-8-14(11(10)2)15(20)12-6-4-7-13(9-12)21-16(17,18)19/h3-9,15,20H,1-2H3. The molecule has 0 saturated heterocycles. The minimum atomic E-state index is -4.75. The highest BCUT2D eigenvalue weighted by Gasteiger charge is 2.31. The van der Waals surface area contributed by atoms with Crippen molar-refractivity contribution in [2.75, 3.05) is 0 Å². The molecule has 21 heavy (non-hydrogen) atoms. The van der Waals surface area contributed by atoms with Crippen molar-refractivity contribution in [1.82, 2.24) is 0 Å². The van der Waals surface area contributed by atoms with Crippen LogP contribution in [-0.4, -0.2) is 11.5 Å². The zero-order chi connectivity index (χ0) is 15.6. The van der Waals surface area contributed by atoms with E-state index in [-0.39, 0.29) is 5.75 Å². The first-order chi connectivity index (χ1) is 9.78. The van der Waals surface area contributed by atoms with Crippen LogP contribution in [0.15, 0.2) is 42.5 Å². The van der Waals surface area contributed by atoms with Crippen molar-refractivity contribution in [1.29, 1.82) is 0 Å². The third kappa shape index (κ3) is 3.76. The highest BCUT2D eigenvalue weighted by molar-refractivity contribution is 5.41. The van der Waals surface area contributed by atoms with Gasteiger partial charge in [0.25, 0.3) is 0 Å². The smallest absolute Gasteiger partial charge is 0.406 e. The first-order valence-corrected chi connectivity index (χ1v) is 6.38. The Labute approximate surface area is 120 Å². The van der Waals surface area contributed by atoms with E-state index in [4.69, 9.17) is 0 Å². The van der Waals surface area contributed by atoms with Crippen molar-refractivity contribution >= 4 is 0 Å². The van der Waals surface area contributed by atoms with E-state index < -0.39 is 12.5 Å². The molecule has 112 valence electrons. The van der Waals surface area contributed by atoms with Gasteiger partial charge >= 0.3 is 6.36 Å². The van der Waals surface area contributed by atoms with Crippen LogP contribution in [0.3, 0.4) is 0 Å². The number of rotatable bonds is 3. The lowest BCUT2D eigenvalue weighted by Crippen LogP contribution is -2.17. The minimum Gasteiger partial charge on any atom is -0.406 e. The molecule has 0 amide bonds. The number of hydrogen-bond donors (Lipinski definition) is 1. The molecule has 1 atom stereocenters. The minimum absolute atomic E-state index is 0.343. The summed E-state index contributed by atoms with van der Waals surface area (Å²) in [6.45, 7) is 3.78. The van der Waals surface area contributed by atoms with Crippen molar-refractivity contribution < 1.29 is 23.0 Å². The van der Waals surface area contributed by atoms with E-state index >= 15 is 0 Å². The Balaban J connectivity index is 2.33. The van der Waals surface area contributed by atoms with Crippen LogP contribution >= 0.6 is 0 Å². The molecular formula is C16H15F3O2. The molecular weight excluding hydrogens is 281 g/mol. The molecule has 2 aromatic rings. The second-order valence-electron chi connectivity index (χ2n) is 4.81. The lowest BCUT2D eigenvalue weighted by Gasteiger charge is -2.17. The predicted molar refractivity (Wildman–Crippen MR) is 73.1 cm³/mol. The molecule has 1 N–H and O–H groups in total. The Hall–Kier alpha value is -2.01. The predicted octanol–water partition coefficient (Wildman–Crippen LogP) is 4.28. The van der Waals surface area contributed by atoms with E-state index in [1.165, 1.54) is 18.2 Å². The fourth-order valence-corrected chi connectivity index (χ4v) is 2.13. The van der Waals surface area contributed by atoms with Crippen LogP contribution in [0, 0.1) is 13.8 Å². The van der Waals surface area contributed by atoms with Crippen molar-refractivity contribution in [3.8, 4) is 5.75 Å². The Bertz CT molecular complexity index is 636. The van der Waals surface area contributed by atoms with Gasteiger partial charge in [-0.15, -0.1) is 13.2 Å². The summed E-state index contributed by atoms with van der Waals surface area (Å²) in [5.41, 5.74) is 2.94. The van der Waals surface area contributed by atoms with E-state index in [9.17, 15) is 18.3 Å². The van der Waals surface area contributed by atoms with E-state index in [1.54, 1.807) is 18.2 Å². The first kappa shape index (κ1) is 15.4. The fourth-order valence-electron chi connectivity index (χ4n) is 2.13. The molecule has 2 nitrogen and oxygen atoms in total. The van der Waals surface area contributed by atoms with Gasteiger partial charge in [0.15, 0.2) is 0 Å². The largest absolute Gasteiger partial charge is 0.573 e. The molecule has 2 aromatic carbocycles. The summed E-state index contributed by atoms with van der Waals surface area (Å²) in [4.78, 5) is 0. The quantitative estimate of drug-likeness (QED) is 0.916. The SMILES string of the molecule is Cc1cccc(C(O)c2cccc(OC(F)(F)F)c2)c1C. The van der Waals surface area contributed by atoms with Crippen LogP contribution < -0.4 is 4.74 Å². The highest BCUT2D eigenvalue weighted by Crippen LogP contribution is 2.30. The average Bonchev–Trinajstić information content (AvgIpc) is 2.39. The summed E-state index contributed by atoms with van der Waals surface area (Å²) >= 11 is 0. The maximum atomic E-state index is 12.2. The van der Waals surface area contributed by atoms with Gasteiger partial charge in [-0.25, -0.2) is 0 Å². The number of hydrogen-bond acceptors (Lipinski definition) is 2. The zero-order valence-corrected chi connectivity index (χ0v) is 11.6. The summed E-state index contributed by atoms with van der Waals surface area (Å²) in [7, 11) is 0. The van der Waals surface area contributed by atoms with Crippen LogP contribution in [0.1, 0.15) is 28.4 Å². The molecule has 0 fully saturated rings. The van der Waals surface area contributed by atoms with Gasteiger partial charge < -0.3 is 9.84 Å². The molecule has 0 aromatic heterocycles. The Kier molecular flexibility index (Phi) is 4.23. The second kappa shape index (κ2) is 5.77. The summed E-state index contributed by atoms with van der Waals surface area (Å²) < 4.78 is 40.6. The zero-order valence-electron chi connectivity index (χ0n) is 11.6. The van der Waals surface area contributed by atoms with Crippen molar-refractivity contribution in [2.45, 2.75) is 26.3 Å². The summed E-state index contributed by atoms with van der Waals surface area (Å²) in [6.07, 6.45) is -5.75. The van der Waals surface area contributed by atoms with Crippen molar-refractivity contribution in [2.24, 2.45) is 0 Å². The van der Waals surface area contributed by atoms with E-state index in [1.807, 2.05) is 19.9 Å². The molecule has 0 aliphatic heterocycles. The third-order valence-electron chi connectivity index (χ3n) is 3.35.